The number of aromatic nitrogens is 6. The van der Waals surface area contributed by atoms with Gasteiger partial charge in [-0.05, 0) is 18.9 Å². The fraction of sp³-hybridized carbons (Fsp3) is 0.516. The number of aryl methyl sites for hydroxylation is 1. The second-order valence-corrected chi connectivity index (χ2v) is 12.3. The molecule has 2 N–H and O–H groups in total. The van der Waals surface area contributed by atoms with Crippen LogP contribution in [0.2, 0.25) is 0 Å². The maximum Gasteiger partial charge on any atom is 0.228 e. The summed E-state index contributed by atoms with van der Waals surface area (Å²) in [6, 6.07) is 7.76. The van der Waals surface area contributed by atoms with Crippen molar-refractivity contribution in [3.05, 3.63) is 42.4 Å². The fourth-order valence-electron chi connectivity index (χ4n) is 5.18. The molecule has 0 spiro atoms. The van der Waals surface area contributed by atoms with Gasteiger partial charge in [-0.1, -0.05) is 34.6 Å². The summed E-state index contributed by atoms with van der Waals surface area (Å²) in [6.07, 6.45) is 5.05. The van der Waals surface area contributed by atoms with Crippen LogP contribution in [0.1, 0.15) is 59.2 Å². The molecule has 43 heavy (non-hydrogen) atoms. The van der Waals surface area contributed by atoms with Crippen molar-refractivity contribution in [3.8, 4) is 11.5 Å². The number of methoxy groups -OCH3 is 1. The second kappa shape index (κ2) is 12.7. The van der Waals surface area contributed by atoms with Gasteiger partial charge in [0.15, 0.2) is 11.5 Å². The molecule has 0 aliphatic carbocycles. The zero-order valence-corrected chi connectivity index (χ0v) is 26.2. The molecule has 12 heteroatoms. The number of nitrogens with zero attached hydrogens (tertiary/aromatic N) is 7. The zero-order chi connectivity index (χ0) is 30.7. The summed E-state index contributed by atoms with van der Waals surface area (Å²) in [4.78, 5) is 28.2. The van der Waals surface area contributed by atoms with Crippen molar-refractivity contribution in [1.82, 2.24) is 34.2 Å². The number of carbonyl (C=O) groups is 1. The summed E-state index contributed by atoms with van der Waals surface area (Å²) >= 11 is 0. The Kier molecular flexibility index (Phi) is 8.97. The number of anilines is 3. The number of hydrogen-bond donors (Lipinski definition) is 2. The molecule has 0 bridgehead atoms. The maximum absolute atomic E-state index is 12.3. The van der Waals surface area contributed by atoms with Gasteiger partial charge in [0.2, 0.25) is 11.9 Å². The summed E-state index contributed by atoms with van der Waals surface area (Å²) in [5.74, 6) is 2.75. The molecule has 5 heterocycles. The van der Waals surface area contributed by atoms with E-state index < -0.39 is 0 Å². The number of ether oxygens (including phenoxy) is 2. The fourth-order valence-corrected chi connectivity index (χ4v) is 5.18. The van der Waals surface area contributed by atoms with Crippen LogP contribution in [-0.4, -0.2) is 73.5 Å². The van der Waals surface area contributed by atoms with Gasteiger partial charge in [0.25, 0.3) is 0 Å². The van der Waals surface area contributed by atoms with E-state index in [4.69, 9.17) is 19.6 Å². The molecule has 5 rings (SSSR count). The van der Waals surface area contributed by atoms with E-state index in [1.807, 2.05) is 31.5 Å². The summed E-state index contributed by atoms with van der Waals surface area (Å²) in [6.45, 7) is 14.2. The van der Waals surface area contributed by atoms with Crippen molar-refractivity contribution in [2.45, 2.75) is 58.9 Å². The third-order valence-corrected chi connectivity index (χ3v) is 7.94. The highest BCUT2D eigenvalue weighted by molar-refractivity contribution is 5.91. The lowest BCUT2D eigenvalue weighted by Crippen LogP contribution is -2.27. The number of pyridine rings is 2. The van der Waals surface area contributed by atoms with Gasteiger partial charge in [0, 0.05) is 75.2 Å². The Labute approximate surface area is 252 Å². The predicted octanol–water partition coefficient (Wildman–Crippen LogP) is 5.27. The number of imidazole rings is 1. The highest BCUT2D eigenvalue weighted by Gasteiger charge is 2.30. The van der Waals surface area contributed by atoms with E-state index in [1.165, 1.54) is 5.69 Å². The minimum Gasteiger partial charge on any atom is -0.455 e. The molecule has 230 valence electrons. The molecule has 0 radical (unpaired) electrons. The molecule has 0 aromatic carbocycles. The monoisotopic (exact) mass is 589 g/mol. The highest BCUT2D eigenvalue weighted by Crippen LogP contribution is 2.33. The number of likely N-dealkylation sites (tertiary alicyclic amines) is 1. The topological polar surface area (TPSA) is 124 Å². The van der Waals surface area contributed by atoms with Gasteiger partial charge < -0.3 is 24.7 Å². The Bertz CT molecular complexity index is 1570. The quantitative estimate of drug-likeness (QED) is 0.241. The molecule has 4 aromatic rings. The van der Waals surface area contributed by atoms with E-state index in [0.29, 0.717) is 35.0 Å². The van der Waals surface area contributed by atoms with Crippen LogP contribution in [0, 0.1) is 5.92 Å². The van der Waals surface area contributed by atoms with Crippen LogP contribution in [0.25, 0.3) is 11.2 Å². The van der Waals surface area contributed by atoms with E-state index in [9.17, 15) is 4.79 Å². The molecule has 4 aromatic heterocycles. The van der Waals surface area contributed by atoms with Crippen LogP contribution in [0.5, 0.6) is 11.5 Å². The molecule has 1 unspecified atom stereocenters. The number of amides is 1. The number of nitrogens with one attached hydrogen (secondary N) is 2. The number of rotatable bonds is 11. The van der Waals surface area contributed by atoms with Gasteiger partial charge in [-0.3, -0.25) is 14.4 Å². The predicted molar refractivity (Wildman–Crippen MR) is 167 cm³/mol. The first kappa shape index (κ1) is 30.4. The lowest BCUT2D eigenvalue weighted by atomic mass is 9.91. The summed E-state index contributed by atoms with van der Waals surface area (Å²) < 4.78 is 15.5. The number of carbonyl (C=O) groups excluding carboxylic acids is 1. The third-order valence-electron chi connectivity index (χ3n) is 7.94. The first-order chi connectivity index (χ1) is 20.5. The minimum absolute atomic E-state index is 0.0723. The van der Waals surface area contributed by atoms with Crippen molar-refractivity contribution >= 4 is 34.7 Å². The standard InChI is InChI=1S/C31H43N9O3/c1-8-20(2)29(41)34-26-16-22(9-11-32-26)43-23-15-24-28(33-18-23)36-30(38(24)6)35-27-17-25(31(3,4)5)40(37-27)21-10-12-39(19-21)13-14-42-7/h9,11,15-18,20-21H,8,10,12-14,19H2,1-7H3,(H,32,34,41)(H,33,35,36,37)/t20?,21-/m0/s1. The molecule has 1 aliphatic rings. The third kappa shape index (κ3) is 6.97. The van der Waals surface area contributed by atoms with E-state index >= 15 is 0 Å². The number of fused-ring (bicyclic) bond motifs is 1. The average Bonchev–Trinajstić information content (AvgIpc) is 3.69. The zero-order valence-electron chi connectivity index (χ0n) is 26.2. The van der Waals surface area contributed by atoms with E-state index in [2.05, 4.69) is 57.0 Å². The molecule has 1 aliphatic heterocycles. The van der Waals surface area contributed by atoms with Crippen LogP contribution in [0.15, 0.2) is 36.7 Å². The highest BCUT2D eigenvalue weighted by atomic mass is 16.5. The molecule has 0 saturated carbocycles. The first-order valence-corrected chi connectivity index (χ1v) is 14.9. The molecular formula is C31H43N9O3. The largest absolute Gasteiger partial charge is 0.455 e. The van der Waals surface area contributed by atoms with Crippen LogP contribution in [0.3, 0.4) is 0 Å². The molecule has 1 fully saturated rings. The van der Waals surface area contributed by atoms with Gasteiger partial charge in [0.1, 0.15) is 17.3 Å². The molecular weight excluding hydrogens is 546 g/mol. The Morgan fingerprint density at radius 2 is 1.98 bits per heavy atom. The van der Waals surface area contributed by atoms with Crippen molar-refractivity contribution < 1.29 is 14.3 Å². The summed E-state index contributed by atoms with van der Waals surface area (Å²) in [7, 11) is 3.68. The molecule has 1 amide bonds. The molecule has 1 saturated heterocycles. The van der Waals surface area contributed by atoms with Crippen molar-refractivity contribution in [2.24, 2.45) is 13.0 Å². The van der Waals surface area contributed by atoms with E-state index in [1.54, 1.807) is 31.6 Å². The second-order valence-electron chi connectivity index (χ2n) is 12.3. The van der Waals surface area contributed by atoms with Gasteiger partial charge >= 0.3 is 0 Å². The molecule has 2 atom stereocenters. The maximum atomic E-state index is 12.3. The van der Waals surface area contributed by atoms with Crippen molar-refractivity contribution in [2.75, 3.05) is 44.0 Å². The Morgan fingerprint density at radius 1 is 1.16 bits per heavy atom. The van der Waals surface area contributed by atoms with E-state index in [0.717, 1.165) is 50.4 Å². The lowest BCUT2D eigenvalue weighted by Gasteiger charge is -2.23. The Morgan fingerprint density at radius 3 is 2.72 bits per heavy atom. The van der Waals surface area contributed by atoms with Crippen molar-refractivity contribution in [3.63, 3.8) is 0 Å². The van der Waals surface area contributed by atoms with Crippen molar-refractivity contribution in [1.29, 1.82) is 0 Å². The summed E-state index contributed by atoms with van der Waals surface area (Å²) in [5.41, 5.74) is 2.50. The van der Waals surface area contributed by atoms with E-state index in [-0.39, 0.29) is 17.2 Å². The SMILES string of the molecule is CCC(C)C(=O)Nc1cc(Oc2cnc3nc(Nc4cc(C(C)(C)C)n([C@H]5CCN(CCOC)C5)n4)n(C)c3c2)ccn1. The smallest absolute Gasteiger partial charge is 0.228 e. The normalized spacial score (nSPS) is 16.5. The Balaban J connectivity index is 1.34. The Hall–Kier alpha value is -4.03. The van der Waals surface area contributed by atoms with Gasteiger partial charge in [-0.15, -0.1) is 0 Å². The van der Waals surface area contributed by atoms with Gasteiger partial charge in [0.05, 0.1) is 24.4 Å². The number of hydrogen-bond acceptors (Lipinski definition) is 9. The summed E-state index contributed by atoms with van der Waals surface area (Å²) in [5, 5.41) is 11.3. The van der Waals surface area contributed by atoms with Gasteiger partial charge in [-0.2, -0.15) is 10.1 Å². The minimum atomic E-state index is -0.0985. The lowest BCUT2D eigenvalue weighted by molar-refractivity contribution is -0.119. The van der Waals surface area contributed by atoms with Crippen LogP contribution >= 0.6 is 0 Å². The average molecular weight is 590 g/mol. The van der Waals surface area contributed by atoms with Crippen LogP contribution < -0.4 is 15.4 Å². The molecule has 12 nitrogen and oxygen atoms in total. The first-order valence-electron chi connectivity index (χ1n) is 14.9. The van der Waals surface area contributed by atoms with Crippen LogP contribution in [-0.2, 0) is 22.0 Å². The van der Waals surface area contributed by atoms with Crippen LogP contribution in [0.4, 0.5) is 17.6 Å². The van der Waals surface area contributed by atoms with Gasteiger partial charge in [-0.25, -0.2) is 9.97 Å².